The van der Waals surface area contributed by atoms with E-state index in [1.165, 1.54) is 24.3 Å². The van der Waals surface area contributed by atoms with Crippen molar-refractivity contribution in [3.8, 4) is 0 Å². The van der Waals surface area contributed by atoms with Gasteiger partial charge < -0.3 is 14.4 Å². The lowest BCUT2D eigenvalue weighted by molar-refractivity contribution is -0.307. The van der Waals surface area contributed by atoms with Gasteiger partial charge in [-0.3, -0.25) is 0 Å². The van der Waals surface area contributed by atoms with E-state index in [4.69, 9.17) is 0 Å². The van der Waals surface area contributed by atoms with Crippen molar-refractivity contribution < 1.29 is 14.4 Å². The van der Waals surface area contributed by atoms with Gasteiger partial charge in [0.2, 0.25) is 0 Å². The highest BCUT2D eigenvalue weighted by molar-refractivity contribution is 9.10. The minimum absolute atomic E-state index is 0.180. The number of benzene rings is 1. The molecule has 1 aromatic rings. The van der Waals surface area contributed by atoms with Crippen LogP contribution in [0.25, 0.3) is 0 Å². The molecular formula is C6H4BrO3P-2. The van der Waals surface area contributed by atoms with Gasteiger partial charge in [-0.15, -0.1) is 0 Å². The Bertz CT molecular complexity index is 289. The quantitative estimate of drug-likeness (QED) is 0.643. The molecule has 60 valence electrons. The molecule has 0 radical (unpaired) electrons. The van der Waals surface area contributed by atoms with Gasteiger partial charge in [0.1, 0.15) is 0 Å². The Hall–Kier alpha value is -0.150. The molecule has 0 aliphatic rings. The smallest absolute Gasteiger partial charge is 0.0175 e. The molecule has 0 aromatic heterocycles. The summed E-state index contributed by atoms with van der Waals surface area (Å²) < 4.78 is 11.1. The molecule has 0 saturated carbocycles. The lowest BCUT2D eigenvalue weighted by atomic mass is 10.4. The number of hydrogen-bond donors (Lipinski definition) is 0. The zero-order valence-corrected chi connectivity index (χ0v) is 7.84. The first-order chi connectivity index (χ1) is 5.00. The zero-order valence-electron chi connectivity index (χ0n) is 5.36. The molecule has 0 spiro atoms. The molecule has 0 N–H and O–H groups in total. The van der Waals surface area contributed by atoms with Gasteiger partial charge in [-0.2, -0.15) is 0 Å². The minimum Gasteiger partial charge on any atom is -0.807 e. The first-order valence-corrected chi connectivity index (χ1v) is 5.12. The van der Waals surface area contributed by atoms with Crippen LogP contribution in [0.1, 0.15) is 0 Å². The molecule has 0 heterocycles. The second-order valence-electron chi connectivity index (χ2n) is 1.97. The van der Waals surface area contributed by atoms with E-state index in [0.717, 1.165) is 4.47 Å². The van der Waals surface area contributed by atoms with Crippen LogP contribution in [0.4, 0.5) is 0 Å². The summed E-state index contributed by atoms with van der Waals surface area (Å²) in [6, 6.07) is 5.56. The van der Waals surface area contributed by atoms with Crippen molar-refractivity contribution in [1.82, 2.24) is 0 Å². The van der Waals surface area contributed by atoms with E-state index in [0.29, 0.717) is 0 Å². The zero-order chi connectivity index (χ0) is 8.48. The van der Waals surface area contributed by atoms with Gasteiger partial charge in [-0.25, -0.2) is 0 Å². The van der Waals surface area contributed by atoms with E-state index in [2.05, 4.69) is 15.9 Å². The van der Waals surface area contributed by atoms with Crippen LogP contribution in [0.5, 0.6) is 0 Å². The van der Waals surface area contributed by atoms with Crippen LogP contribution in [0.2, 0.25) is 0 Å². The summed E-state index contributed by atoms with van der Waals surface area (Å²) in [4.78, 5) is 20.8. The highest BCUT2D eigenvalue weighted by Gasteiger charge is 1.95. The topological polar surface area (TPSA) is 63.2 Å². The molecule has 0 aliphatic heterocycles. The maximum Gasteiger partial charge on any atom is 0.0175 e. The lowest BCUT2D eigenvalue weighted by Gasteiger charge is -2.29. The highest BCUT2D eigenvalue weighted by Crippen LogP contribution is 2.22. The number of halogens is 1. The average Bonchev–Trinajstić information content (AvgIpc) is 1.86. The van der Waals surface area contributed by atoms with Crippen molar-refractivity contribution in [3.05, 3.63) is 28.7 Å². The van der Waals surface area contributed by atoms with Gasteiger partial charge in [-0.05, 0) is 25.0 Å². The standard InChI is InChI=1S/C6H6BrO3P/c7-5-1-3-6(4-2-5)11(8,9)10/h1-4H,(H2,8,9,10)/p-2. The third-order valence-electron chi connectivity index (χ3n) is 1.14. The van der Waals surface area contributed by atoms with Crippen molar-refractivity contribution in [2.75, 3.05) is 0 Å². The number of rotatable bonds is 1. The van der Waals surface area contributed by atoms with E-state index >= 15 is 0 Å². The van der Waals surface area contributed by atoms with Crippen LogP contribution >= 0.6 is 23.5 Å². The van der Waals surface area contributed by atoms with Crippen molar-refractivity contribution in [2.45, 2.75) is 0 Å². The number of hydrogen-bond acceptors (Lipinski definition) is 3. The van der Waals surface area contributed by atoms with Crippen molar-refractivity contribution in [3.63, 3.8) is 0 Å². The molecule has 0 saturated heterocycles. The summed E-state index contributed by atoms with van der Waals surface area (Å²) in [5.74, 6) is 0. The Labute approximate surface area is 72.4 Å². The largest absolute Gasteiger partial charge is 0.807 e. The third kappa shape index (κ3) is 2.42. The molecule has 1 aromatic carbocycles. The Balaban J connectivity index is 3.09. The van der Waals surface area contributed by atoms with E-state index in [1.807, 2.05) is 0 Å². The Morgan fingerprint density at radius 1 is 1.18 bits per heavy atom. The Kier molecular flexibility index (Phi) is 2.50. The predicted octanol–water partition coefficient (Wildman–Crippen LogP) is -0.0119. The molecule has 0 unspecified atom stereocenters. The van der Waals surface area contributed by atoms with E-state index < -0.39 is 7.60 Å². The van der Waals surface area contributed by atoms with Crippen LogP contribution in [-0.2, 0) is 4.57 Å². The second kappa shape index (κ2) is 3.07. The molecule has 0 amide bonds. The molecule has 3 nitrogen and oxygen atoms in total. The van der Waals surface area contributed by atoms with Gasteiger partial charge in [0.25, 0.3) is 0 Å². The summed E-state index contributed by atoms with van der Waals surface area (Å²) in [5.41, 5.74) is 0. The molecule has 0 bridgehead atoms. The van der Waals surface area contributed by atoms with Crippen LogP contribution in [0.3, 0.4) is 0 Å². The Morgan fingerprint density at radius 3 is 2.00 bits per heavy atom. The van der Waals surface area contributed by atoms with Crippen molar-refractivity contribution in [2.24, 2.45) is 0 Å². The van der Waals surface area contributed by atoms with Gasteiger partial charge in [0, 0.05) is 4.47 Å². The molecular weight excluding hydrogens is 231 g/mol. The molecule has 0 aliphatic carbocycles. The maximum atomic E-state index is 10.4. The summed E-state index contributed by atoms with van der Waals surface area (Å²) in [6.45, 7) is 0. The van der Waals surface area contributed by atoms with E-state index in [1.54, 1.807) is 0 Å². The molecule has 5 heteroatoms. The van der Waals surface area contributed by atoms with E-state index in [-0.39, 0.29) is 5.30 Å². The highest BCUT2D eigenvalue weighted by atomic mass is 79.9. The van der Waals surface area contributed by atoms with Gasteiger partial charge in [0.05, 0.1) is 0 Å². The normalized spacial score (nSPS) is 11.5. The minimum atomic E-state index is -4.56. The lowest BCUT2D eigenvalue weighted by Crippen LogP contribution is -2.24. The Morgan fingerprint density at radius 2 is 1.64 bits per heavy atom. The SMILES string of the molecule is O=P([O-])([O-])c1ccc(Br)cc1. The maximum absolute atomic E-state index is 10.4. The van der Waals surface area contributed by atoms with E-state index in [9.17, 15) is 14.4 Å². The molecule has 0 fully saturated rings. The molecule has 0 atom stereocenters. The first-order valence-electron chi connectivity index (χ1n) is 2.78. The first kappa shape index (κ1) is 8.94. The monoisotopic (exact) mass is 234 g/mol. The fourth-order valence-corrected chi connectivity index (χ4v) is 1.40. The summed E-state index contributed by atoms with van der Waals surface area (Å²) in [7, 11) is -4.56. The van der Waals surface area contributed by atoms with Crippen LogP contribution < -0.4 is 15.1 Å². The third-order valence-corrected chi connectivity index (χ3v) is 2.60. The van der Waals surface area contributed by atoms with Crippen molar-refractivity contribution in [1.29, 1.82) is 0 Å². The van der Waals surface area contributed by atoms with Crippen LogP contribution in [-0.4, -0.2) is 0 Å². The van der Waals surface area contributed by atoms with Gasteiger partial charge >= 0.3 is 0 Å². The molecule has 1 rings (SSSR count). The average molecular weight is 235 g/mol. The van der Waals surface area contributed by atoms with Crippen molar-refractivity contribution >= 4 is 28.8 Å². The summed E-state index contributed by atoms with van der Waals surface area (Å²) in [6.07, 6.45) is 0. The summed E-state index contributed by atoms with van der Waals surface area (Å²) in [5, 5.41) is -0.180. The van der Waals surface area contributed by atoms with Gasteiger partial charge in [0.15, 0.2) is 0 Å². The van der Waals surface area contributed by atoms with Crippen LogP contribution in [0.15, 0.2) is 28.7 Å². The van der Waals surface area contributed by atoms with Gasteiger partial charge in [-0.1, -0.05) is 28.1 Å². The molecule has 11 heavy (non-hydrogen) atoms. The fraction of sp³-hybridized carbons (Fsp3) is 0. The predicted molar refractivity (Wildman–Crippen MR) is 41.4 cm³/mol. The fourth-order valence-electron chi connectivity index (χ4n) is 0.624. The summed E-state index contributed by atoms with van der Waals surface area (Å²) >= 11 is 3.12. The second-order valence-corrected chi connectivity index (χ2v) is 4.40. The van der Waals surface area contributed by atoms with Crippen LogP contribution in [0, 0.1) is 0 Å².